The minimum absolute atomic E-state index is 0.219. The lowest BCUT2D eigenvalue weighted by Crippen LogP contribution is -2.65. The van der Waals surface area contributed by atoms with Crippen molar-refractivity contribution in [1.29, 1.82) is 0 Å². The molecule has 0 fully saturated rings. The first kappa shape index (κ1) is 60.5. The second kappa shape index (κ2) is 24.3. The summed E-state index contributed by atoms with van der Waals surface area (Å²) in [6.07, 6.45) is 0. The van der Waals surface area contributed by atoms with Crippen LogP contribution in [-0.4, -0.2) is 13.4 Å². The van der Waals surface area contributed by atoms with E-state index in [1.54, 1.807) is 0 Å². The molecule has 6 nitrogen and oxygen atoms in total. The summed E-state index contributed by atoms with van der Waals surface area (Å²) in [5.74, 6) is 0. The van der Waals surface area contributed by atoms with E-state index in [9.17, 15) is 0 Å². The Morgan fingerprint density at radius 2 is 0.604 bits per heavy atom. The number of hydrogen-bond acceptors (Lipinski definition) is 8. The summed E-state index contributed by atoms with van der Waals surface area (Å²) in [5, 5.41) is 4.98. The lowest BCUT2D eigenvalue weighted by molar-refractivity contribution is 1.22. The average Bonchev–Trinajstić information content (AvgIpc) is 0.728. The van der Waals surface area contributed by atoms with Gasteiger partial charge in [-0.1, -0.05) is 231 Å². The fourth-order valence-corrected chi connectivity index (χ4v) is 20.1. The molecule has 4 aliphatic rings. The molecule has 0 N–H and O–H groups in total. The predicted octanol–water partition coefficient (Wildman–Crippen LogP) is 23.2. The Morgan fingerprint density at radius 1 is 0.226 bits per heavy atom. The number of rotatable bonds is 11. The number of para-hydroxylation sites is 8. The SMILES string of the molecule is c1ccc(-c2ccccc2N2c3cc4c(cc3B3c5ccccc5N(c5cccc6sc7ccccc7c56)c5cc(N(c6ccccc6)c6ccccc6)cc2c53)B2c3ccccc3N(c3ccccc3)c3cc(N(c5ccccc5)c5cccc6sc7ccccc7c56)cc(c32)N4c2ccccc2)cc1. The van der Waals surface area contributed by atoms with Crippen molar-refractivity contribution in [3.05, 3.63) is 376 Å². The lowest BCUT2D eigenvalue weighted by atomic mass is 9.30. The van der Waals surface area contributed by atoms with Crippen molar-refractivity contribution in [2.45, 2.75) is 0 Å². The Bertz CT molecular complexity index is 6490. The molecule has 0 saturated carbocycles. The van der Waals surface area contributed by atoms with Crippen LogP contribution >= 0.6 is 22.7 Å². The first-order chi connectivity index (χ1) is 52.6. The molecule has 10 heteroatoms. The minimum atomic E-state index is -0.240. The molecule has 0 spiro atoms. The van der Waals surface area contributed by atoms with Gasteiger partial charge in [-0.2, -0.15) is 0 Å². The van der Waals surface area contributed by atoms with Gasteiger partial charge in [0.25, 0.3) is 13.4 Å². The molecule has 106 heavy (non-hydrogen) atoms. The molecule has 0 atom stereocenters. The van der Waals surface area contributed by atoms with Crippen LogP contribution in [0.25, 0.3) is 51.5 Å². The number of hydrogen-bond donors (Lipinski definition) is 0. The van der Waals surface area contributed by atoms with E-state index in [0.717, 1.165) is 113 Å². The first-order valence-electron chi connectivity index (χ1n) is 36.4. The van der Waals surface area contributed by atoms with E-state index < -0.39 is 0 Å². The molecule has 0 radical (unpaired) electrons. The molecule has 18 aromatic rings. The van der Waals surface area contributed by atoms with Gasteiger partial charge in [-0.25, -0.2) is 0 Å². The molecule has 0 amide bonds. The summed E-state index contributed by atoms with van der Waals surface area (Å²) < 4.78 is 5.04. The number of nitrogens with zero attached hydrogens (tertiary/aromatic N) is 6. The summed E-state index contributed by atoms with van der Waals surface area (Å²) in [6, 6.07) is 141. The summed E-state index contributed by atoms with van der Waals surface area (Å²) >= 11 is 3.73. The van der Waals surface area contributed by atoms with Gasteiger partial charge in [-0.15, -0.1) is 22.7 Å². The number of benzene rings is 16. The quantitative estimate of drug-likeness (QED) is 0.119. The lowest BCUT2D eigenvalue weighted by Gasteiger charge is -2.48. The van der Waals surface area contributed by atoms with Crippen LogP contribution in [0.2, 0.25) is 0 Å². The molecule has 22 rings (SSSR count). The van der Waals surface area contributed by atoms with Gasteiger partial charge < -0.3 is 29.4 Å². The second-order valence-corrected chi connectivity index (χ2v) is 30.0. The Labute approximate surface area is 623 Å². The third-order valence-corrected chi connectivity index (χ3v) is 24.4. The van der Waals surface area contributed by atoms with E-state index in [-0.39, 0.29) is 13.4 Å². The van der Waals surface area contributed by atoms with Crippen molar-refractivity contribution in [2.24, 2.45) is 0 Å². The van der Waals surface area contributed by atoms with Gasteiger partial charge in [0.2, 0.25) is 0 Å². The van der Waals surface area contributed by atoms with Crippen LogP contribution in [0.1, 0.15) is 0 Å². The Hall–Kier alpha value is -13.1. The fourth-order valence-electron chi connectivity index (χ4n) is 17.9. The summed E-state index contributed by atoms with van der Waals surface area (Å²) in [4.78, 5) is 15.4. The number of thiophene rings is 2. The molecule has 2 aromatic heterocycles. The molecule has 0 aliphatic carbocycles. The van der Waals surface area contributed by atoms with Crippen LogP contribution in [0.5, 0.6) is 0 Å². The van der Waals surface area contributed by atoms with Crippen molar-refractivity contribution in [3.63, 3.8) is 0 Å². The zero-order valence-corrected chi connectivity index (χ0v) is 59.1. The van der Waals surface area contributed by atoms with Crippen LogP contribution in [0.4, 0.5) is 102 Å². The topological polar surface area (TPSA) is 19.4 Å². The van der Waals surface area contributed by atoms with Gasteiger partial charge >= 0.3 is 0 Å². The standard InChI is InChI=1S/C96H62B2N6S2/c1-7-31-63(32-8-1)71-43-19-24-48-78(71)103-84-62-83-76(61-77(84)98-75-47-23-26-50-80(75)104(82-52-30-56-92-94(82)73-45-21-28-54-90(73)106-92)88-58-69(57-87(103)96(88)98)99(64-33-9-2-10-34-64)65-35-11-3-12-36-65)97-74-46-22-25-49-79(74)101(67-39-15-5-16-40-67)85-59-70(60-86(95(85)97)102(83)68-41-17-6-18-42-68)100(66-37-13-4-14-38-66)81-51-29-55-91-93(81)72-44-20-27-53-89(72)105-91/h1-62H. The predicted molar refractivity (Wildman–Crippen MR) is 455 cm³/mol. The molecule has 6 heterocycles. The van der Waals surface area contributed by atoms with Gasteiger partial charge in [0.15, 0.2) is 0 Å². The second-order valence-electron chi connectivity index (χ2n) is 27.8. The van der Waals surface area contributed by atoms with E-state index in [4.69, 9.17) is 0 Å². The van der Waals surface area contributed by atoms with Crippen molar-refractivity contribution >= 4 is 212 Å². The Morgan fingerprint density at radius 3 is 1.17 bits per heavy atom. The fraction of sp³-hybridized carbons (Fsp3) is 0. The average molecular weight is 1390 g/mol. The molecule has 0 bridgehead atoms. The van der Waals surface area contributed by atoms with Crippen LogP contribution < -0.4 is 62.2 Å². The van der Waals surface area contributed by atoms with E-state index >= 15 is 0 Å². The van der Waals surface area contributed by atoms with Crippen LogP contribution in [0.3, 0.4) is 0 Å². The molecule has 0 saturated heterocycles. The van der Waals surface area contributed by atoms with Gasteiger partial charge in [0, 0.05) is 120 Å². The highest BCUT2D eigenvalue weighted by Gasteiger charge is 2.49. The van der Waals surface area contributed by atoms with Gasteiger partial charge in [-0.3, -0.25) is 0 Å². The monoisotopic (exact) mass is 1380 g/mol. The number of fused-ring (bicyclic) bond motifs is 14. The van der Waals surface area contributed by atoms with Gasteiger partial charge in [0.05, 0.1) is 28.4 Å². The summed E-state index contributed by atoms with van der Waals surface area (Å²) in [6.45, 7) is -0.459. The van der Waals surface area contributed by atoms with Gasteiger partial charge in [-0.05, 0) is 184 Å². The molecule has 0 unspecified atom stereocenters. The van der Waals surface area contributed by atoms with Gasteiger partial charge in [0.1, 0.15) is 0 Å². The Balaban J connectivity index is 0.880. The van der Waals surface area contributed by atoms with Crippen molar-refractivity contribution in [2.75, 3.05) is 29.4 Å². The van der Waals surface area contributed by atoms with Crippen molar-refractivity contribution < 1.29 is 0 Å². The third-order valence-electron chi connectivity index (χ3n) is 22.1. The van der Waals surface area contributed by atoms with Crippen LogP contribution in [0, 0.1) is 0 Å². The summed E-state index contributed by atoms with van der Waals surface area (Å²) in [7, 11) is 0. The maximum Gasteiger partial charge on any atom is 0.252 e. The molecule has 4 aliphatic heterocycles. The normalized spacial score (nSPS) is 13.0. The first-order valence-corrected chi connectivity index (χ1v) is 38.0. The maximum absolute atomic E-state index is 2.67. The molecule has 494 valence electrons. The zero-order chi connectivity index (χ0) is 69.5. The van der Waals surface area contributed by atoms with E-state index in [2.05, 4.69) is 406 Å². The largest absolute Gasteiger partial charge is 0.311 e. The van der Waals surface area contributed by atoms with E-state index in [1.165, 1.54) is 73.1 Å². The minimum Gasteiger partial charge on any atom is -0.311 e. The van der Waals surface area contributed by atoms with E-state index in [1.807, 2.05) is 22.7 Å². The molecular weight excluding hydrogens is 1320 g/mol. The molecular formula is C96H62B2N6S2. The van der Waals surface area contributed by atoms with Crippen LogP contribution in [-0.2, 0) is 0 Å². The van der Waals surface area contributed by atoms with Crippen molar-refractivity contribution in [1.82, 2.24) is 0 Å². The maximum atomic E-state index is 2.67. The number of anilines is 18. The zero-order valence-electron chi connectivity index (χ0n) is 57.5. The highest BCUT2D eigenvalue weighted by molar-refractivity contribution is 7.26. The highest BCUT2D eigenvalue weighted by atomic mass is 32.1. The smallest absolute Gasteiger partial charge is 0.252 e. The highest BCUT2D eigenvalue weighted by Crippen LogP contribution is 2.55. The molecule has 16 aromatic carbocycles. The third kappa shape index (κ3) is 9.24. The Kier molecular flexibility index (Phi) is 13.8. The summed E-state index contributed by atoms with van der Waals surface area (Å²) in [5.41, 5.74) is 29.5. The van der Waals surface area contributed by atoms with Crippen LogP contribution in [0.15, 0.2) is 376 Å². The van der Waals surface area contributed by atoms with Crippen molar-refractivity contribution in [3.8, 4) is 11.1 Å². The van der Waals surface area contributed by atoms with E-state index in [0.29, 0.717) is 0 Å².